The number of rotatable bonds is 5. The predicted molar refractivity (Wildman–Crippen MR) is 103 cm³/mol. The fraction of sp³-hybridized carbons (Fsp3) is 0.412. The lowest BCUT2D eigenvalue weighted by Crippen LogP contribution is -2.44. The van der Waals surface area contributed by atoms with Crippen LogP contribution in [0.25, 0.3) is 0 Å². The third kappa shape index (κ3) is 5.01. The lowest BCUT2D eigenvalue weighted by molar-refractivity contribution is -0.384. The van der Waals surface area contributed by atoms with E-state index in [1.54, 1.807) is 0 Å². The molecule has 144 valence electrons. The second-order valence-corrected chi connectivity index (χ2v) is 7.74. The number of ether oxygens (including phenoxy) is 1. The Balaban J connectivity index is 1.63. The molecule has 0 unspecified atom stereocenters. The highest BCUT2D eigenvalue weighted by molar-refractivity contribution is 7.14. The van der Waals surface area contributed by atoms with E-state index in [1.807, 2.05) is 19.2 Å². The summed E-state index contributed by atoms with van der Waals surface area (Å²) in [5.74, 6) is -0.454. The zero-order valence-corrected chi connectivity index (χ0v) is 16.4. The van der Waals surface area contributed by atoms with E-state index >= 15 is 0 Å². The Morgan fingerprint density at radius 1 is 1.44 bits per heavy atom. The van der Waals surface area contributed by atoms with Gasteiger partial charge < -0.3 is 4.74 Å². The standard InChI is InChI=1S/C17H19ClN4O4S/c1-10-6-21(7-11(2)26-10)8-12-9-27-17(19-12)20-16(23)14-4-3-13(22(24)25)5-15(14)18/h3-5,9-11H,6-8H2,1-2H3,(H,19,20,23)/t10-,11-/m0/s1. The van der Waals surface area contributed by atoms with E-state index in [1.165, 1.54) is 23.5 Å². The van der Waals surface area contributed by atoms with Crippen molar-refractivity contribution in [1.29, 1.82) is 0 Å². The van der Waals surface area contributed by atoms with Crippen LogP contribution in [-0.4, -0.2) is 46.0 Å². The number of aromatic nitrogens is 1. The second-order valence-electron chi connectivity index (χ2n) is 6.47. The van der Waals surface area contributed by atoms with Crippen LogP contribution in [-0.2, 0) is 11.3 Å². The van der Waals surface area contributed by atoms with Gasteiger partial charge in [0.2, 0.25) is 0 Å². The fourth-order valence-electron chi connectivity index (χ4n) is 3.05. The van der Waals surface area contributed by atoms with E-state index in [2.05, 4.69) is 15.2 Å². The summed E-state index contributed by atoms with van der Waals surface area (Å²) in [6, 6.07) is 3.74. The molecule has 27 heavy (non-hydrogen) atoms. The molecule has 1 amide bonds. The molecule has 1 aliphatic heterocycles. The van der Waals surface area contributed by atoms with Crippen LogP contribution in [0.15, 0.2) is 23.6 Å². The Hall–Kier alpha value is -2.07. The first kappa shape index (κ1) is 19.7. The summed E-state index contributed by atoms with van der Waals surface area (Å²) in [5.41, 5.74) is 0.864. The Bertz CT molecular complexity index is 849. The highest BCUT2D eigenvalue weighted by Gasteiger charge is 2.23. The molecule has 1 aromatic heterocycles. The maximum absolute atomic E-state index is 12.4. The number of carbonyl (C=O) groups excluding carboxylic acids is 1. The molecule has 0 saturated carbocycles. The highest BCUT2D eigenvalue weighted by atomic mass is 35.5. The van der Waals surface area contributed by atoms with Crippen molar-refractivity contribution in [3.05, 3.63) is 50.0 Å². The summed E-state index contributed by atoms with van der Waals surface area (Å²) in [7, 11) is 0. The van der Waals surface area contributed by atoms with Crippen LogP contribution in [0.4, 0.5) is 10.8 Å². The fourth-order valence-corrected chi connectivity index (χ4v) is 4.00. The number of nitrogens with one attached hydrogen (secondary N) is 1. The molecule has 2 heterocycles. The number of nitro groups is 1. The molecule has 0 radical (unpaired) electrons. The van der Waals surface area contributed by atoms with E-state index < -0.39 is 10.8 Å². The summed E-state index contributed by atoms with van der Waals surface area (Å²) >= 11 is 7.32. The number of thiazole rings is 1. The van der Waals surface area contributed by atoms with Gasteiger partial charge in [0.05, 0.1) is 33.4 Å². The number of nitro benzene ring substituents is 1. The van der Waals surface area contributed by atoms with Crippen molar-refractivity contribution in [1.82, 2.24) is 9.88 Å². The van der Waals surface area contributed by atoms with E-state index in [4.69, 9.17) is 16.3 Å². The third-order valence-electron chi connectivity index (χ3n) is 4.06. The zero-order chi connectivity index (χ0) is 19.6. The van der Waals surface area contributed by atoms with Gasteiger partial charge in [0, 0.05) is 37.1 Å². The van der Waals surface area contributed by atoms with E-state index in [9.17, 15) is 14.9 Å². The molecule has 0 bridgehead atoms. The van der Waals surface area contributed by atoms with Gasteiger partial charge in [-0.2, -0.15) is 0 Å². The molecule has 1 fully saturated rings. The van der Waals surface area contributed by atoms with Crippen LogP contribution in [0.2, 0.25) is 5.02 Å². The summed E-state index contributed by atoms with van der Waals surface area (Å²) in [4.78, 5) is 29.3. The molecule has 8 nitrogen and oxygen atoms in total. The molecule has 0 aliphatic carbocycles. The van der Waals surface area contributed by atoms with Crippen LogP contribution in [0.3, 0.4) is 0 Å². The Morgan fingerprint density at radius 2 is 2.15 bits per heavy atom. The summed E-state index contributed by atoms with van der Waals surface area (Å²) in [6.07, 6.45) is 0.353. The van der Waals surface area contributed by atoms with Gasteiger partial charge in [-0.3, -0.25) is 25.1 Å². The first-order chi connectivity index (χ1) is 12.8. The smallest absolute Gasteiger partial charge is 0.270 e. The van der Waals surface area contributed by atoms with Crippen LogP contribution in [0.1, 0.15) is 29.9 Å². The third-order valence-corrected chi connectivity index (χ3v) is 5.18. The highest BCUT2D eigenvalue weighted by Crippen LogP contribution is 2.25. The number of nitrogens with zero attached hydrogens (tertiary/aromatic N) is 3. The van der Waals surface area contributed by atoms with Gasteiger partial charge >= 0.3 is 0 Å². The Labute approximate surface area is 165 Å². The molecule has 2 atom stereocenters. The largest absolute Gasteiger partial charge is 0.373 e. The maximum Gasteiger partial charge on any atom is 0.270 e. The van der Waals surface area contributed by atoms with Gasteiger partial charge in [-0.15, -0.1) is 11.3 Å². The molecular weight excluding hydrogens is 392 g/mol. The van der Waals surface area contributed by atoms with Crippen LogP contribution in [0, 0.1) is 10.1 Å². The minimum Gasteiger partial charge on any atom is -0.373 e. The first-order valence-electron chi connectivity index (χ1n) is 8.39. The number of morpholine rings is 1. The number of hydrogen-bond acceptors (Lipinski definition) is 7. The van der Waals surface area contributed by atoms with Gasteiger partial charge in [-0.1, -0.05) is 11.6 Å². The number of carbonyl (C=O) groups is 1. The number of halogens is 1. The molecule has 1 N–H and O–H groups in total. The van der Waals surface area contributed by atoms with Crippen molar-refractivity contribution in [2.45, 2.75) is 32.6 Å². The monoisotopic (exact) mass is 410 g/mol. The van der Waals surface area contributed by atoms with Crippen LogP contribution >= 0.6 is 22.9 Å². The predicted octanol–water partition coefficient (Wildman–Crippen LogP) is 3.57. The minimum absolute atomic E-state index is 0.0229. The second kappa shape index (κ2) is 8.30. The van der Waals surface area contributed by atoms with Gasteiger partial charge in [-0.05, 0) is 19.9 Å². The van der Waals surface area contributed by atoms with Gasteiger partial charge in [-0.25, -0.2) is 4.98 Å². The van der Waals surface area contributed by atoms with Gasteiger partial charge in [0.25, 0.3) is 11.6 Å². The Morgan fingerprint density at radius 3 is 2.78 bits per heavy atom. The summed E-state index contributed by atoms with van der Waals surface area (Å²) in [5, 5.41) is 15.8. The van der Waals surface area contributed by atoms with Crippen LogP contribution < -0.4 is 5.32 Å². The van der Waals surface area contributed by atoms with Crippen LogP contribution in [0.5, 0.6) is 0 Å². The molecule has 3 rings (SSSR count). The molecular formula is C17H19ClN4O4S. The van der Waals surface area contributed by atoms with Gasteiger partial charge in [0.15, 0.2) is 5.13 Å². The molecule has 0 spiro atoms. The molecule has 2 aromatic rings. The number of hydrogen-bond donors (Lipinski definition) is 1. The molecule has 1 saturated heterocycles. The Kier molecular flexibility index (Phi) is 6.05. The SMILES string of the molecule is C[C@H]1CN(Cc2csc(NC(=O)c3ccc([N+](=O)[O-])cc3Cl)n2)C[C@H](C)O1. The summed E-state index contributed by atoms with van der Waals surface area (Å²) in [6.45, 7) is 6.44. The number of anilines is 1. The molecule has 1 aromatic carbocycles. The lowest BCUT2D eigenvalue weighted by atomic mass is 10.2. The van der Waals surface area contributed by atoms with E-state index in [0.29, 0.717) is 11.7 Å². The van der Waals surface area contributed by atoms with E-state index in [0.717, 1.165) is 24.8 Å². The zero-order valence-electron chi connectivity index (χ0n) is 14.8. The number of amides is 1. The summed E-state index contributed by atoms with van der Waals surface area (Å²) < 4.78 is 5.72. The van der Waals surface area contributed by atoms with E-state index in [-0.39, 0.29) is 28.5 Å². The van der Waals surface area contributed by atoms with Gasteiger partial charge in [0.1, 0.15) is 0 Å². The molecule has 1 aliphatic rings. The lowest BCUT2D eigenvalue weighted by Gasteiger charge is -2.34. The minimum atomic E-state index is -0.561. The number of non-ortho nitro benzene ring substituents is 1. The topological polar surface area (TPSA) is 97.6 Å². The van der Waals surface area contributed by atoms with Crippen molar-refractivity contribution in [2.24, 2.45) is 0 Å². The van der Waals surface area contributed by atoms with Crippen molar-refractivity contribution in [3.8, 4) is 0 Å². The number of benzene rings is 1. The normalized spacial score (nSPS) is 20.4. The molecule has 10 heteroatoms. The maximum atomic E-state index is 12.4. The quantitative estimate of drug-likeness (QED) is 0.597. The van der Waals surface area contributed by atoms with Crippen molar-refractivity contribution in [3.63, 3.8) is 0 Å². The van der Waals surface area contributed by atoms with Crippen molar-refractivity contribution < 1.29 is 14.5 Å². The average Bonchev–Trinajstić information content (AvgIpc) is 3.00. The van der Waals surface area contributed by atoms with Crippen molar-refractivity contribution in [2.75, 3.05) is 18.4 Å². The average molecular weight is 411 g/mol. The first-order valence-corrected chi connectivity index (χ1v) is 9.65. The van der Waals surface area contributed by atoms with Crippen molar-refractivity contribution >= 4 is 39.7 Å².